The molecule has 2 aromatic carbocycles. The number of amides is 1. The highest BCUT2D eigenvalue weighted by molar-refractivity contribution is 6.32. The third-order valence-electron chi connectivity index (χ3n) is 5.50. The molecule has 0 radical (unpaired) electrons. The summed E-state index contributed by atoms with van der Waals surface area (Å²) in [4.78, 5) is 14.8. The van der Waals surface area contributed by atoms with Crippen molar-refractivity contribution in [1.82, 2.24) is 0 Å². The average Bonchev–Trinajstić information content (AvgIpc) is 3.14. The number of likely N-dealkylation sites (N-methyl/N-ethyl adjacent to an activating group) is 1. The van der Waals surface area contributed by atoms with E-state index in [9.17, 15) is 18.0 Å². The molecular weight excluding hydrogens is 391 g/mol. The Morgan fingerprint density at radius 2 is 1.60 bits per heavy atom. The number of rotatable bonds is 2. The SMILES string of the molecule is CN1C(=CC=C2C(=O)N(c3ccccc3)N=C2C(F)(F)F)C(C)(C)c2ccccc21. The summed E-state index contributed by atoms with van der Waals surface area (Å²) < 4.78 is 40.9. The predicted octanol–water partition coefficient (Wildman–Crippen LogP) is 5.19. The van der Waals surface area contributed by atoms with E-state index in [1.807, 2.05) is 50.1 Å². The van der Waals surface area contributed by atoms with Gasteiger partial charge in [-0.1, -0.05) is 50.2 Å². The Morgan fingerprint density at radius 3 is 2.23 bits per heavy atom. The normalized spacial score (nSPS) is 20.9. The number of anilines is 2. The Bertz CT molecular complexity index is 1100. The summed E-state index contributed by atoms with van der Waals surface area (Å²) in [5.74, 6) is -0.804. The highest BCUT2D eigenvalue weighted by Crippen LogP contribution is 2.46. The van der Waals surface area contributed by atoms with E-state index < -0.39 is 28.8 Å². The van der Waals surface area contributed by atoms with Gasteiger partial charge in [-0.3, -0.25) is 4.79 Å². The smallest absolute Gasteiger partial charge is 0.347 e. The molecule has 0 saturated heterocycles. The van der Waals surface area contributed by atoms with Crippen LogP contribution in [-0.2, 0) is 10.2 Å². The second-order valence-electron chi connectivity index (χ2n) is 7.73. The van der Waals surface area contributed by atoms with Crippen molar-refractivity contribution in [2.24, 2.45) is 5.10 Å². The van der Waals surface area contributed by atoms with Gasteiger partial charge < -0.3 is 4.90 Å². The highest BCUT2D eigenvalue weighted by Gasteiger charge is 2.47. The maximum atomic E-state index is 13.6. The van der Waals surface area contributed by atoms with Crippen molar-refractivity contribution >= 4 is 23.0 Å². The minimum atomic E-state index is -4.75. The van der Waals surface area contributed by atoms with Gasteiger partial charge in [-0.25, -0.2) is 0 Å². The molecule has 30 heavy (non-hydrogen) atoms. The van der Waals surface area contributed by atoms with Crippen LogP contribution in [0.25, 0.3) is 0 Å². The van der Waals surface area contributed by atoms with Crippen molar-refractivity contribution in [3.05, 3.63) is 83.6 Å². The van der Waals surface area contributed by atoms with Crippen molar-refractivity contribution in [3.8, 4) is 0 Å². The Morgan fingerprint density at radius 1 is 0.967 bits per heavy atom. The van der Waals surface area contributed by atoms with Crippen molar-refractivity contribution < 1.29 is 18.0 Å². The zero-order valence-corrected chi connectivity index (χ0v) is 16.7. The van der Waals surface area contributed by atoms with Gasteiger partial charge in [-0.15, -0.1) is 0 Å². The molecule has 2 aliphatic rings. The Balaban J connectivity index is 1.78. The second-order valence-corrected chi connectivity index (χ2v) is 7.73. The molecule has 7 heteroatoms. The number of carbonyl (C=O) groups excluding carboxylic acids is 1. The molecule has 0 unspecified atom stereocenters. The monoisotopic (exact) mass is 411 g/mol. The fourth-order valence-electron chi connectivity index (χ4n) is 3.98. The quantitative estimate of drug-likeness (QED) is 0.638. The molecule has 0 saturated carbocycles. The van der Waals surface area contributed by atoms with Gasteiger partial charge in [0.15, 0.2) is 5.71 Å². The Hall–Kier alpha value is -3.35. The number of nitrogens with zero attached hydrogens (tertiary/aromatic N) is 3. The molecule has 0 aliphatic carbocycles. The molecule has 0 spiro atoms. The first kappa shape index (κ1) is 19.9. The summed E-state index contributed by atoms with van der Waals surface area (Å²) in [7, 11) is 1.86. The molecule has 1 amide bonds. The van der Waals surface area contributed by atoms with Gasteiger partial charge in [-0.2, -0.15) is 23.3 Å². The number of hydrogen-bond acceptors (Lipinski definition) is 3. The lowest BCUT2D eigenvalue weighted by molar-refractivity contribution is -0.114. The van der Waals surface area contributed by atoms with E-state index in [0.717, 1.165) is 22.0 Å². The van der Waals surface area contributed by atoms with Crippen LogP contribution in [0.4, 0.5) is 24.5 Å². The molecule has 0 N–H and O–H groups in total. The summed E-state index contributed by atoms with van der Waals surface area (Å²) in [6.07, 6.45) is -1.93. The van der Waals surface area contributed by atoms with E-state index in [0.29, 0.717) is 0 Å². The lowest BCUT2D eigenvalue weighted by Gasteiger charge is -2.23. The van der Waals surface area contributed by atoms with Crippen LogP contribution >= 0.6 is 0 Å². The third-order valence-corrected chi connectivity index (χ3v) is 5.50. The van der Waals surface area contributed by atoms with Gasteiger partial charge in [-0.05, 0) is 35.9 Å². The van der Waals surface area contributed by atoms with Crippen LogP contribution in [0.1, 0.15) is 19.4 Å². The van der Waals surface area contributed by atoms with Crippen LogP contribution in [0.2, 0.25) is 0 Å². The third kappa shape index (κ3) is 3.10. The van der Waals surface area contributed by atoms with E-state index in [2.05, 4.69) is 5.10 Å². The number of fused-ring (bicyclic) bond motifs is 1. The highest BCUT2D eigenvalue weighted by atomic mass is 19.4. The molecule has 4 rings (SSSR count). The summed E-state index contributed by atoms with van der Waals surface area (Å²) in [6.45, 7) is 4.01. The van der Waals surface area contributed by atoms with E-state index >= 15 is 0 Å². The van der Waals surface area contributed by atoms with Gasteiger partial charge in [0.05, 0.1) is 11.3 Å². The summed E-state index contributed by atoms with van der Waals surface area (Å²) in [6, 6.07) is 15.9. The molecule has 0 bridgehead atoms. The Labute approximate surface area is 172 Å². The maximum absolute atomic E-state index is 13.6. The van der Waals surface area contributed by atoms with Crippen LogP contribution < -0.4 is 9.91 Å². The molecule has 0 atom stereocenters. The molecule has 2 aromatic rings. The number of para-hydroxylation sites is 2. The van der Waals surface area contributed by atoms with Crippen LogP contribution in [0.15, 0.2) is 83.1 Å². The first-order valence-corrected chi connectivity index (χ1v) is 9.44. The average molecular weight is 411 g/mol. The van der Waals surface area contributed by atoms with Gasteiger partial charge in [0.2, 0.25) is 0 Å². The zero-order chi connectivity index (χ0) is 21.7. The number of hydrogen-bond donors (Lipinski definition) is 0. The number of allylic oxidation sites excluding steroid dienone is 3. The first-order valence-electron chi connectivity index (χ1n) is 9.44. The standard InChI is InChI=1S/C23H20F3N3O/c1-22(2)17-11-7-8-12-18(17)28(3)19(22)14-13-16-20(23(24,25)26)27-29(21(16)30)15-9-5-4-6-10-15/h4-14H,1-3H3. The van der Waals surface area contributed by atoms with E-state index in [1.165, 1.54) is 6.08 Å². The van der Waals surface area contributed by atoms with Crippen LogP contribution in [0, 0.1) is 0 Å². The van der Waals surface area contributed by atoms with Crippen molar-refractivity contribution in [1.29, 1.82) is 0 Å². The van der Waals surface area contributed by atoms with Crippen LogP contribution in [-0.4, -0.2) is 24.8 Å². The number of alkyl halides is 3. The number of halogens is 3. The lowest BCUT2D eigenvalue weighted by Crippen LogP contribution is -2.26. The molecule has 0 aromatic heterocycles. The van der Waals surface area contributed by atoms with Gasteiger partial charge >= 0.3 is 6.18 Å². The van der Waals surface area contributed by atoms with E-state index in [4.69, 9.17) is 0 Å². The first-order chi connectivity index (χ1) is 14.1. The van der Waals surface area contributed by atoms with Gasteiger partial charge in [0, 0.05) is 23.8 Å². The van der Waals surface area contributed by atoms with Crippen LogP contribution in [0.3, 0.4) is 0 Å². The summed E-state index contributed by atoms with van der Waals surface area (Å²) >= 11 is 0. The predicted molar refractivity (Wildman–Crippen MR) is 111 cm³/mol. The number of carbonyl (C=O) groups is 1. The largest absolute Gasteiger partial charge is 0.435 e. The fourth-order valence-corrected chi connectivity index (χ4v) is 3.98. The Kier molecular flexibility index (Phi) is 4.56. The van der Waals surface area contributed by atoms with Gasteiger partial charge in [0.1, 0.15) is 0 Å². The topological polar surface area (TPSA) is 35.9 Å². The van der Waals surface area contributed by atoms with E-state index in [1.54, 1.807) is 36.4 Å². The molecule has 154 valence electrons. The van der Waals surface area contributed by atoms with Gasteiger partial charge in [0.25, 0.3) is 5.91 Å². The minimum absolute atomic E-state index is 0.283. The minimum Gasteiger partial charge on any atom is -0.347 e. The maximum Gasteiger partial charge on any atom is 0.435 e. The molecule has 0 fully saturated rings. The molecule has 4 nitrogen and oxygen atoms in total. The fraction of sp³-hybridized carbons (Fsp3) is 0.217. The molecule has 2 aliphatic heterocycles. The van der Waals surface area contributed by atoms with Crippen molar-refractivity contribution in [3.63, 3.8) is 0 Å². The number of hydrazone groups is 1. The van der Waals surface area contributed by atoms with Crippen LogP contribution in [0.5, 0.6) is 0 Å². The summed E-state index contributed by atoms with van der Waals surface area (Å²) in [5, 5.41) is 4.39. The van der Waals surface area contributed by atoms with Crippen molar-refractivity contribution in [2.75, 3.05) is 17.0 Å². The molecule has 2 heterocycles. The zero-order valence-electron chi connectivity index (χ0n) is 16.7. The second kappa shape index (κ2) is 6.86. The van der Waals surface area contributed by atoms with E-state index in [-0.39, 0.29) is 5.69 Å². The lowest BCUT2D eigenvalue weighted by atomic mass is 9.83. The van der Waals surface area contributed by atoms with Crippen molar-refractivity contribution in [2.45, 2.75) is 25.4 Å². The summed E-state index contributed by atoms with van der Waals surface area (Å²) in [5.41, 5.74) is 1.06. The molecular formula is C23H20F3N3O. The number of benzene rings is 2.